The summed E-state index contributed by atoms with van der Waals surface area (Å²) in [5, 5.41) is 4.84. The van der Waals surface area contributed by atoms with E-state index in [9.17, 15) is 0 Å². The van der Waals surface area contributed by atoms with Crippen LogP contribution in [0.5, 0.6) is 5.75 Å². The second kappa shape index (κ2) is 4.71. The van der Waals surface area contributed by atoms with E-state index in [1.807, 2.05) is 42.5 Å². The van der Waals surface area contributed by atoms with Gasteiger partial charge in [0.15, 0.2) is 0 Å². The van der Waals surface area contributed by atoms with Gasteiger partial charge in [0.05, 0.1) is 11.7 Å². The third-order valence-electron chi connectivity index (χ3n) is 2.93. The lowest BCUT2D eigenvalue weighted by Gasteiger charge is -2.28. The van der Waals surface area contributed by atoms with Crippen LogP contribution in [0.2, 0.25) is 10.0 Å². The minimum atomic E-state index is 0.109. The number of hydrogen-bond donors (Lipinski definition) is 1. The lowest BCUT2D eigenvalue weighted by Crippen LogP contribution is -2.23. The molecular weight excluding hydrogens is 269 g/mol. The predicted molar refractivity (Wildman–Crippen MR) is 74.8 cm³/mol. The highest BCUT2D eigenvalue weighted by atomic mass is 35.5. The van der Waals surface area contributed by atoms with Crippen molar-refractivity contribution in [3.8, 4) is 5.75 Å². The number of hydrogen-bond acceptors (Lipinski definition) is 2. The molecule has 0 fully saturated rings. The second-order valence-electron chi connectivity index (χ2n) is 4.20. The molecule has 92 valence electrons. The Hall–Kier alpha value is -1.38. The largest absolute Gasteiger partial charge is 0.489 e. The maximum absolute atomic E-state index is 6.00. The maximum Gasteiger partial charge on any atom is 0.144 e. The predicted octanol–water partition coefficient (Wildman–Crippen LogP) is 4.54. The third-order valence-corrected chi connectivity index (χ3v) is 3.40. The van der Waals surface area contributed by atoms with Crippen molar-refractivity contribution in [2.24, 2.45) is 0 Å². The average Bonchev–Trinajstić information content (AvgIpc) is 2.38. The van der Waals surface area contributed by atoms with Crippen molar-refractivity contribution >= 4 is 28.9 Å². The molecule has 0 aromatic heterocycles. The van der Waals surface area contributed by atoms with Crippen molar-refractivity contribution in [1.29, 1.82) is 0 Å². The van der Waals surface area contributed by atoms with Crippen molar-refractivity contribution in [2.75, 3.05) is 11.9 Å². The van der Waals surface area contributed by atoms with Crippen LogP contribution in [0.1, 0.15) is 11.6 Å². The summed E-state index contributed by atoms with van der Waals surface area (Å²) >= 11 is 11.9. The Morgan fingerprint density at radius 1 is 1.06 bits per heavy atom. The molecule has 1 aliphatic heterocycles. The Morgan fingerprint density at radius 2 is 1.89 bits per heavy atom. The third kappa shape index (κ3) is 2.26. The minimum absolute atomic E-state index is 0.109. The molecule has 0 radical (unpaired) electrons. The Labute approximate surface area is 115 Å². The molecule has 1 heterocycles. The Morgan fingerprint density at radius 3 is 2.72 bits per heavy atom. The molecule has 1 N–H and O–H groups in total. The lowest BCUT2D eigenvalue weighted by atomic mass is 10.1. The molecular formula is C14H11Cl2NO. The molecule has 18 heavy (non-hydrogen) atoms. The van der Waals surface area contributed by atoms with E-state index in [2.05, 4.69) is 5.32 Å². The van der Waals surface area contributed by atoms with Crippen LogP contribution < -0.4 is 10.1 Å². The Bertz CT molecular complexity index is 586. The number of anilines is 1. The van der Waals surface area contributed by atoms with E-state index in [1.165, 1.54) is 0 Å². The van der Waals surface area contributed by atoms with Gasteiger partial charge in [0, 0.05) is 16.1 Å². The van der Waals surface area contributed by atoms with Crippen LogP contribution in [-0.4, -0.2) is 6.61 Å². The highest BCUT2D eigenvalue weighted by Crippen LogP contribution is 2.35. The van der Waals surface area contributed by atoms with Crippen LogP contribution in [0.4, 0.5) is 5.69 Å². The summed E-state index contributed by atoms with van der Waals surface area (Å²) in [5.74, 6) is 0.792. The van der Waals surface area contributed by atoms with Gasteiger partial charge in [0.2, 0.25) is 0 Å². The molecule has 2 nitrogen and oxygen atoms in total. The summed E-state index contributed by atoms with van der Waals surface area (Å²) in [7, 11) is 0. The van der Waals surface area contributed by atoms with E-state index in [-0.39, 0.29) is 6.04 Å². The van der Waals surface area contributed by atoms with Gasteiger partial charge in [-0.25, -0.2) is 0 Å². The zero-order chi connectivity index (χ0) is 12.5. The quantitative estimate of drug-likeness (QED) is 0.828. The van der Waals surface area contributed by atoms with Crippen LogP contribution in [0.25, 0.3) is 0 Å². The first-order valence-electron chi connectivity index (χ1n) is 5.67. The molecule has 1 aliphatic rings. The van der Waals surface area contributed by atoms with Crippen LogP contribution in [0.15, 0.2) is 42.5 Å². The molecule has 1 unspecified atom stereocenters. The van der Waals surface area contributed by atoms with Gasteiger partial charge in [0.25, 0.3) is 0 Å². The van der Waals surface area contributed by atoms with Crippen molar-refractivity contribution in [3.63, 3.8) is 0 Å². The topological polar surface area (TPSA) is 21.3 Å². The molecule has 0 saturated carbocycles. The van der Waals surface area contributed by atoms with Crippen molar-refractivity contribution in [1.82, 2.24) is 0 Å². The lowest BCUT2D eigenvalue weighted by molar-refractivity contribution is 0.286. The molecule has 0 saturated heterocycles. The zero-order valence-corrected chi connectivity index (χ0v) is 11.0. The molecule has 0 aliphatic carbocycles. The standard InChI is InChI=1S/C14H11Cl2NO/c15-10-3-1-2-9(6-10)13-8-18-14-7-11(16)4-5-12(14)17-13/h1-7,13,17H,8H2. The molecule has 1 atom stereocenters. The van der Waals surface area contributed by atoms with Gasteiger partial charge in [-0.1, -0.05) is 35.3 Å². The minimum Gasteiger partial charge on any atom is -0.489 e. The second-order valence-corrected chi connectivity index (χ2v) is 5.08. The number of ether oxygens (including phenoxy) is 1. The van der Waals surface area contributed by atoms with E-state index < -0.39 is 0 Å². The smallest absolute Gasteiger partial charge is 0.144 e. The van der Waals surface area contributed by atoms with E-state index >= 15 is 0 Å². The highest BCUT2D eigenvalue weighted by molar-refractivity contribution is 6.31. The van der Waals surface area contributed by atoms with Crippen LogP contribution in [0, 0.1) is 0 Å². The van der Waals surface area contributed by atoms with Crippen LogP contribution in [-0.2, 0) is 0 Å². The van der Waals surface area contributed by atoms with E-state index in [0.29, 0.717) is 11.6 Å². The Kier molecular flexibility index (Phi) is 3.06. The SMILES string of the molecule is Clc1cccc(C2COc3cc(Cl)ccc3N2)c1. The van der Waals surface area contributed by atoms with Gasteiger partial charge >= 0.3 is 0 Å². The molecule has 0 amide bonds. The van der Waals surface area contributed by atoms with Gasteiger partial charge in [0.1, 0.15) is 12.4 Å². The van der Waals surface area contributed by atoms with Crippen molar-refractivity contribution in [3.05, 3.63) is 58.1 Å². The van der Waals surface area contributed by atoms with Crippen LogP contribution >= 0.6 is 23.2 Å². The first-order chi connectivity index (χ1) is 8.72. The molecule has 3 rings (SSSR count). The van der Waals surface area contributed by atoms with Gasteiger partial charge in [-0.15, -0.1) is 0 Å². The fourth-order valence-corrected chi connectivity index (χ4v) is 2.40. The van der Waals surface area contributed by atoms with Gasteiger partial charge < -0.3 is 10.1 Å². The maximum atomic E-state index is 6.00. The summed E-state index contributed by atoms with van der Waals surface area (Å²) in [6, 6.07) is 13.5. The average molecular weight is 280 g/mol. The first kappa shape index (κ1) is 11.7. The normalized spacial score (nSPS) is 17.6. The monoisotopic (exact) mass is 279 g/mol. The van der Waals surface area contributed by atoms with Crippen molar-refractivity contribution < 1.29 is 4.74 Å². The number of benzene rings is 2. The van der Waals surface area contributed by atoms with Crippen molar-refractivity contribution in [2.45, 2.75) is 6.04 Å². The Balaban J connectivity index is 1.89. The number of halogens is 2. The number of fused-ring (bicyclic) bond motifs is 1. The summed E-state index contributed by atoms with van der Waals surface area (Å²) in [6.45, 7) is 0.563. The molecule has 2 aromatic rings. The van der Waals surface area contributed by atoms with Gasteiger partial charge in [-0.3, -0.25) is 0 Å². The van der Waals surface area contributed by atoms with Gasteiger partial charge in [-0.05, 0) is 29.8 Å². The molecule has 4 heteroatoms. The molecule has 0 spiro atoms. The summed E-state index contributed by atoms with van der Waals surface area (Å²) in [5.41, 5.74) is 2.07. The van der Waals surface area contributed by atoms with E-state index in [4.69, 9.17) is 27.9 Å². The van der Waals surface area contributed by atoms with E-state index in [0.717, 1.165) is 22.0 Å². The van der Waals surface area contributed by atoms with Gasteiger partial charge in [-0.2, -0.15) is 0 Å². The first-order valence-corrected chi connectivity index (χ1v) is 6.42. The summed E-state index contributed by atoms with van der Waals surface area (Å²) in [4.78, 5) is 0. The zero-order valence-electron chi connectivity index (χ0n) is 9.49. The molecule has 0 bridgehead atoms. The summed E-state index contributed by atoms with van der Waals surface area (Å²) < 4.78 is 5.72. The number of rotatable bonds is 1. The number of nitrogens with one attached hydrogen (secondary N) is 1. The van der Waals surface area contributed by atoms with Crippen LogP contribution in [0.3, 0.4) is 0 Å². The van der Waals surface area contributed by atoms with E-state index in [1.54, 1.807) is 0 Å². The summed E-state index contributed by atoms with van der Waals surface area (Å²) in [6.07, 6.45) is 0. The highest BCUT2D eigenvalue weighted by Gasteiger charge is 2.20. The fourth-order valence-electron chi connectivity index (χ4n) is 2.04. The molecule has 2 aromatic carbocycles. The fraction of sp³-hybridized carbons (Fsp3) is 0.143.